The Morgan fingerprint density at radius 2 is 1.95 bits per heavy atom. The van der Waals surface area contributed by atoms with Gasteiger partial charge in [0.25, 0.3) is 0 Å². The number of aryl methyl sites for hydroxylation is 1. The molecular formula is C36H47FN6. The van der Waals surface area contributed by atoms with E-state index in [1.54, 1.807) is 0 Å². The van der Waals surface area contributed by atoms with Crippen LogP contribution < -0.4 is 10.6 Å². The zero-order valence-electron chi connectivity index (χ0n) is 26.3. The molecular weight excluding hydrogens is 535 g/mol. The van der Waals surface area contributed by atoms with Crippen LogP contribution in [0.15, 0.2) is 12.1 Å². The molecule has 1 aromatic carbocycles. The first kappa shape index (κ1) is 27.8. The zero-order chi connectivity index (χ0) is 29.8. The summed E-state index contributed by atoms with van der Waals surface area (Å²) in [6.07, 6.45) is 11.5. The van der Waals surface area contributed by atoms with Crippen molar-refractivity contribution in [3.63, 3.8) is 0 Å². The van der Waals surface area contributed by atoms with Crippen LogP contribution >= 0.6 is 0 Å². The quantitative estimate of drug-likeness (QED) is 0.421. The van der Waals surface area contributed by atoms with Crippen LogP contribution in [-0.4, -0.2) is 52.8 Å². The maximum atomic E-state index is 14.6. The summed E-state index contributed by atoms with van der Waals surface area (Å²) in [5.74, 6) is 2.52. The van der Waals surface area contributed by atoms with Crippen LogP contribution in [0.25, 0.3) is 0 Å². The number of fused-ring (bicyclic) bond motifs is 4. The van der Waals surface area contributed by atoms with Crippen molar-refractivity contribution in [3.8, 4) is 6.07 Å². The minimum Gasteiger partial charge on any atom is -0.398 e. The summed E-state index contributed by atoms with van der Waals surface area (Å²) in [5.41, 5.74) is 13.5. The number of aromatic nitrogens is 2. The van der Waals surface area contributed by atoms with Crippen molar-refractivity contribution in [2.45, 2.75) is 121 Å². The molecule has 4 heterocycles. The van der Waals surface area contributed by atoms with E-state index in [0.717, 1.165) is 76.8 Å². The minimum atomic E-state index is -0.709. The molecule has 3 saturated heterocycles. The smallest absolute Gasteiger partial charge is 0.135 e. The molecule has 6 nitrogen and oxygen atoms in total. The van der Waals surface area contributed by atoms with Gasteiger partial charge in [-0.05, 0) is 106 Å². The average molecular weight is 583 g/mol. The number of anilines is 2. The fraction of sp³-hybridized carbons (Fsp3) is 0.694. The topological polar surface area (TPSA) is 82.1 Å². The van der Waals surface area contributed by atoms with Gasteiger partial charge in [0.1, 0.15) is 23.9 Å². The molecule has 0 radical (unpaired) electrons. The molecule has 7 heteroatoms. The monoisotopic (exact) mass is 582 g/mol. The molecule has 4 unspecified atom stereocenters. The lowest BCUT2D eigenvalue weighted by Gasteiger charge is -2.63. The van der Waals surface area contributed by atoms with Crippen LogP contribution in [0.5, 0.6) is 0 Å². The molecule has 0 bridgehead atoms. The molecule has 228 valence electrons. The summed E-state index contributed by atoms with van der Waals surface area (Å²) >= 11 is 0. The maximum absolute atomic E-state index is 14.6. The Labute approximate surface area is 256 Å². The maximum Gasteiger partial charge on any atom is 0.135 e. The molecule has 2 N–H and O–H groups in total. The second kappa shape index (κ2) is 9.39. The molecule has 1 aromatic heterocycles. The van der Waals surface area contributed by atoms with Crippen LogP contribution in [0.2, 0.25) is 0 Å². The Bertz CT molecular complexity index is 1510. The van der Waals surface area contributed by atoms with Crippen molar-refractivity contribution in [2.75, 3.05) is 36.8 Å². The van der Waals surface area contributed by atoms with Crippen molar-refractivity contribution in [1.29, 1.82) is 5.26 Å². The number of rotatable bonds is 4. The Balaban J connectivity index is 1.15. The predicted octanol–water partition coefficient (Wildman–Crippen LogP) is 6.39. The van der Waals surface area contributed by atoms with Crippen LogP contribution in [0.3, 0.4) is 0 Å². The van der Waals surface area contributed by atoms with E-state index in [1.165, 1.54) is 47.5 Å². The molecule has 8 rings (SSSR count). The van der Waals surface area contributed by atoms with Gasteiger partial charge in [0.15, 0.2) is 0 Å². The highest BCUT2D eigenvalue weighted by Crippen LogP contribution is 2.60. The lowest BCUT2D eigenvalue weighted by Crippen LogP contribution is -2.65. The minimum absolute atomic E-state index is 0.0178. The summed E-state index contributed by atoms with van der Waals surface area (Å²) in [6, 6.07) is 6.61. The van der Waals surface area contributed by atoms with Crippen molar-refractivity contribution in [2.24, 2.45) is 10.8 Å². The third-order valence-electron chi connectivity index (χ3n) is 12.6. The van der Waals surface area contributed by atoms with E-state index < -0.39 is 6.17 Å². The number of alkyl halides is 1. The lowest BCUT2D eigenvalue weighted by molar-refractivity contribution is -0.0362. The average Bonchev–Trinajstić information content (AvgIpc) is 3.46. The molecule has 0 amide bonds. The van der Waals surface area contributed by atoms with Crippen LogP contribution in [0.4, 0.5) is 15.9 Å². The summed E-state index contributed by atoms with van der Waals surface area (Å²) in [7, 11) is 0. The van der Waals surface area contributed by atoms with Crippen molar-refractivity contribution in [1.82, 2.24) is 14.9 Å². The summed E-state index contributed by atoms with van der Waals surface area (Å²) in [4.78, 5) is 15.6. The zero-order valence-corrected chi connectivity index (χ0v) is 26.3. The van der Waals surface area contributed by atoms with E-state index in [9.17, 15) is 9.65 Å². The second-order valence-electron chi connectivity index (χ2n) is 16.3. The Morgan fingerprint density at radius 3 is 2.72 bits per heavy atom. The molecule has 43 heavy (non-hydrogen) atoms. The summed E-state index contributed by atoms with van der Waals surface area (Å²) < 4.78 is 14.6. The van der Waals surface area contributed by atoms with E-state index in [2.05, 4.69) is 42.7 Å². The lowest BCUT2D eigenvalue weighted by atomic mass is 9.51. The van der Waals surface area contributed by atoms with Crippen LogP contribution in [0.1, 0.15) is 118 Å². The third kappa shape index (κ3) is 4.25. The van der Waals surface area contributed by atoms with Crippen LogP contribution in [0, 0.1) is 22.2 Å². The van der Waals surface area contributed by atoms with Gasteiger partial charge in [-0.2, -0.15) is 5.26 Å². The Kier molecular flexibility index (Phi) is 6.07. The fourth-order valence-electron chi connectivity index (χ4n) is 11.1. The fourth-order valence-corrected chi connectivity index (χ4v) is 11.1. The van der Waals surface area contributed by atoms with Gasteiger partial charge < -0.3 is 10.6 Å². The molecule has 2 aromatic rings. The van der Waals surface area contributed by atoms with E-state index in [4.69, 9.17) is 15.7 Å². The Hall–Kier alpha value is -2.72. The number of nitrogens with two attached hydrogens (primary N) is 1. The normalized spacial score (nSPS) is 33.4. The largest absolute Gasteiger partial charge is 0.398 e. The summed E-state index contributed by atoms with van der Waals surface area (Å²) in [6.45, 7) is 10.9. The highest BCUT2D eigenvalue weighted by molar-refractivity contribution is 5.65. The molecule has 3 aliphatic heterocycles. The first-order chi connectivity index (χ1) is 20.5. The van der Waals surface area contributed by atoms with Crippen LogP contribution in [-0.2, 0) is 24.7 Å². The first-order valence-corrected chi connectivity index (χ1v) is 16.9. The van der Waals surface area contributed by atoms with E-state index in [0.29, 0.717) is 41.0 Å². The van der Waals surface area contributed by atoms with Gasteiger partial charge in [0.2, 0.25) is 0 Å². The molecule has 3 aliphatic carbocycles. The van der Waals surface area contributed by atoms with E-state index >= 15 is 0 Å². The highest BCUT2D eigenvalue weighted by atomic mass is 19.1. The SMILES string of the molecule is CC1CCC2(CCc3c(nc(CCC45CCCN4CC(F)C5)nc3N3CC4(C3)CC(C)(C)C4)C2)c2c1ccc(N)c2C#N. The highest BCUT2D eigenvalue weighted by Gasteiger charge is 2.57. The summed E-state index contributed by atoms with van der Waals surface area (Å²) in [5, 5.41) is 10.3. The number of halogens is 1. The predicted molar refractivity (Wildman–Crippen MR) is 168 cm³/mol. The molecule has 2 spiro atoms. The van der Waals surface area contributed by atoms with Gasteiger partial charge >= 0.3 is 0 Å². The van der Waals surface area contributed by atoms with Gasteiger partial charge in [-0.15, -0.1) is 0 Å². The van der Waals surface area contributed by atoms with Crippen molar-refractivity contribution in [3.05, 3.63) is 45.9 Å². The number of benzene rings is 1. The molecule has 6 aliphatic rings. The van der Waals surface area contributed by atoms with E-state index in [1.807, 2.05) is 6.07 Å². The number of nitrogen functional groups attached to an aromatic ring is 1. The van der Waals surface area contributed by atoms with Gasteiger partial charge in [0, 0.05) is 53.7 Å². The number of hydrogen-bond donors (Lipinski definition) is 1. The van der Waals surface area contributed by atoms with Gasteiger partial charge in [-0.25, -0.2) is 14.4 Å². The molecule has 4 atom stereocenters. The van der Waals surface area contributed by atoms with Gasteiger partial charge in [-0.1, -0.05) is 26.8 Å². The molecule has 4 fully saturated rings. The van der Waals surface area contributed by atoms with Gasteiger partial charge in [0.05, 0.1) is 11.3 Å². The number of nitriles is 1. The molecule has 1 saturated carbocycles. The first-order valence-electron chi connectivity index (χ1n) is 16.9. The number of nitrogens with zero attached hydrogens (tertiary/aromatic N) is 5. The Morgan fingerprint density at radius 1 is 1.14 bits per heavy atom. The van der Waals surface area contributed by atoms with E-state index in [-0.39, 0.29) is 11.0 Å². The van der Waals surface area contributed by atoms with Gasteiger partial charge in [-0.3, -0.25) is 4.90 Å². The third-order valence-corrected chi connectivity index (χ3v) is 12.6. The van der Waals surface area contributed by atoms with Crippen molar-refractivity contribution < 1.29 is 4.39 Å². The second-order valence-corrected chi connectivity index (χ2v) is 16.3. The standard InChI is InChI=1S/C36H47FN6/c1-23-7-11-35(31-25(23)5-6-28(39)27(31)17-38)12-8-26-29(16-35)40-30(9-13-36-10-4-14-43(36)18-24(37)15-36)41-32(26)42-21-34(22-42)19-33(2,3)20-34/h5-6,23-24H,4,7-16,18-22,39H2,1-3H3. The van der Waals surface area contributed by atoms with Crippen molar-refractivity contribution >= 4 is 11.5 Å². The number of hydrogen-bond acceptors (Lipinski definition) is 6.